The zero-order chi connectivity index (χ0) is 19.6. The summed E-state index contributed by atoms with van der Waals surface area (Å²) in [6.07, 6.45) is 0.852. The largest absolute Gasteiger partial charge is 0.348 e. The van der Waals surface area contributed by atoms with Crippen LogP contribution in [-0.4, -0.2) is 26.7 Å². The number of hydrogen-bond donors (Lipinski definition) is 1. The van der Waals surface area contributed by atoms with Crippen LogP contribution in [0.2, 0.25) is 0 Å². The fraction of sp³-hybridized carbons (Fsp3) is 0.300. The highest BCUT2D eigenvalue weighted by Gasteiger charge is 2.29. The number of anilines is 1. The molecule has 0 bridgehead atoms. The first-order valence-corrected chi connectivity index (χ1v) is 10.3. The van der Waals surface area contributed by atoms with Gasteiger partial charge in [-0.3, -0.25) is 4.79 Å². The van der Waals surface area contributed by atoms with Crippen molar-refractivity contribution in [2.75, 3.05) is 11.4 Å². The summed E-state index contributed by atoms with van der Waals surface area (Å²) in [4.78, 5) is 14.5. The van der Waals surface area contributed by atoms with Crippen LogP contribution in [0.5, 0.6) is 0 Å². The Bertz CT molecular complexity index is 1010. The number of carbonyl (C=O) groups is 1. The average Bonchev–Trinajstić information content (AvgIpc) is 2.62. The number of carbonyl (C=O) groups excluding carboxylic acids is 1. The van der Waals surface area contributed by atoms with Gasteiger partial charge < -0.3 is 10.2 Å². The molecular weight excluding hydrogens is 362 g/mol. The zero-order valence-corrected chi connectivity index (χ0v) is 16.5. The van der Waals surface area contributed by atoms with Gasteiger partial charge in [0.2, 0.25) is 0 Å². The lowest BCUT2D eigenvalue weighted by Crippen LogP contribution is -2.34. The molecule has 0 unspecified atom stereocenters. The zero-order valence-electron chi connectivity index (χ0n) is 15.7. The van der Waals surface area contributed by atoms with Gasteiger partial charge in [-0.05, 0) is 44.0 Å². The Morgan fingerprint density at radius 3 is 2.63 bits per heavy atom. The maximum absolute atomic E-state index is 12.5. The van der Waals surface area contributed by atoms with Crippen molar-refractivity contribution in [3.05, 3.63) is 59.2 Å². The Labute approximate surface area is 160 Å². The van der Waals surface area contributed by atoms with Gasteiger partial charge in [-0.15, -0.1) is 4.40 Å². The number of sulfonamides is 1. The Morgan fingerprint density at radius 2 is 1.93 bits per heavy atom. The highest BCUT2D eigenvalue weighted by atomic mass is 32.2. The van der Waals surface area contributed by atoms with E-state index >= 15 is 0 Å². The number of hydrogen-bond acceptors (Lipinski definition) is 4. The minimum atomic E-state index is -3.80. The molecule has 1 N–H and O–H groups in total. The van der Waals surface area contributed by atoms with Crippen molar-refractivity contribution in [2.45, 2.75) is 38.6 Å². The van der Waals surface area contributed by atoms with Crippen molar-refractivity contribution in [1.82, 2.24) is 5.32 Å². The molecule has 0 saturated carbocycles. The number of nitrogens with one attached hydrogen (secondary N) is 1. The Balaban J connectivity index is 1.86. The second kappa shape index (κ2) is 7.52. The molecule has 6 nitrogen and oxygen atoms in total. The van der Waals surface area contributed by atoms with Gasteiger partial charge in [0.15, 0.2) is 0 Å². The van der Waals surface area contributed by atoms with Crippen molar-refractivity contribution in [1.29, 1.82) is 0 Å². The summed E-state index contributed by atoms with van der Waals surface area (Å²) in [6.45, 7) is 6.73. The van der Waals surface area contributed by atoms with E-state index in [2.05, 4.69) is 9.71 Å². The third kappa shape index (κ3) is 4.03. The molecule has 0 radical (unpaired) electrons. The predicted molar refractivity (Wildman–Crippen MR) is 107 cm³/mol. The standard InChI is InChI=1S/C20H23N3O3S/c1-4-10-23-15(3)22-27(25,26)19-12-17(8-9-18(19)23)20(24)21-13-16-7-5-6-14(2)11-16/h5-9,11-12H,4,10,13H2,1-3H3,(H,21,24). The van der Waals surface area contributed by atoms with E-state index in [1.165, 1.54) is 6.07 Å². The highest BCUT2D eigenvalue weighted by Crippen LogP contribution is 2.32. The number of fused-ring (bicyclic) bond motifs is 1. The number of amidine groups is 1. The lowest BCUT2D eigenvalue weighted by Gasteiger charge is -2.29. The van der Waals surface area contributed by atoms with E-state index in [9.17, 15) is 13.2 Å². The maximum Gasteiger partial charge on any atom is 0.286 e. The molecule has 1 heterocycles. The van der Waals surface area contributed by atoms with Gasteiger partial charge in [-0.25, -0.2) is 0 Å². The van der Waals surface area contributed by atoms with Crippen LogP contribution in [0.3, 0.4) is 0 Å². The van der Waals surface area contributed by atoms with E-state index in [1.807, 2.05) is 43.0 Å². The smallest absolute Gasteiger partial charge is 0.286 e. The first kappa shape index (κ1) is 19.1. The van der Waals surface area contributed by atoms with E-state index in [4.69, 9.17) is 0 Å². The van der Waals surface area contributed by atoms with Crippen LogP contribution in [0.15, 0.2) is 51.8 Å². The lowest BCUT2D eigenvalue weighted by atomic mass is 10.1. The van der Waals surface area contributed by atoms with Gasteiger partial charge >= 0.3 is 0 Å². The number of aryl methyl sites for hydroxylation is 1. The highest BCUT2D eigenvalue weighted by molar-refractivity contribution is 7.90. The molecule has 0 aliphatic carbocycles. The number of benzene rings is 2. The van der Waals surface area contributed by atoms with E-state index in [0.717, 1.165) is 17.5 Å². The molecule has 142 valence electrons. The summed E-state index contributed by atoms with van der Waals surface area (Å²) in [5.41, 5.74) is 2.98. The molecule has 0 spiro atoms. The van der Waals surface area contributed by atoms with E-state index in [0.29, 0.717) is 30.2 Å². The molecule has 7 heteroatoms. The molecule has 2 aromatic carbocycles. The van der Waals surface area contributed by atoms with Crippen molar-refractivity contribution >= 4 is 27.5 Å². The molecule has 1 aliphatic heterocycles. The summed E-state index contributed by atoms with van der Waals surface area (Å²) < 4.78 is 28.8. The minimum Gasteiger partial charge on any atom is -0.348 e. The molecule has 3 rings (SSSR count). The quantitative estimate of drug-likeness (QED) is 0.857. The molecule has 0 atom stereocenters. The van der Waals surface area contributed by atoms with Gasteiger partial charge in [-0.1, -0.05) is 36.8 Å². The maximum atomic E-state index is 12.5. The number of amides is 1. The molecule has 1 aliphatic rings. The van der Waals surface area contributed by atoms with Crippen LogP contribution >= 0.6 is 0 Å². The predicted octanol–water partition coefficient (Wildman–Crippen LogP) is 3.26. The first-order chi connectivity index (χ1) is 12.8. The molecule has 2 aromatic rings. The third-order valence-corrected chi connectivity index (χ3v) is 5.80. The van der Waals surface area contributed by atoms with Crippen LogP contribution in [0, 0.1) is 6.92 Å². The third-order valence-electron chi connectivity index (χ3n) is 4.42. The van der Waals surface area contributed by atoms with Gasteiger partial charge in [0, 0.05) is 18.7 Å². The summed E-state index contributed by atoms with van der Waals surface area (Å²) in [6, 6.07) is 12.6. The summed E-state index contributed by atoms with van der Waals surface area (Å²) in [5, 5.41) is 2.84. The topological polar surface area (TPSA) is 78.8 Å². The van der Waals surface area contributed by atoms with Gasteiger partial charge in [0.05, 0.1) is 5.69 Å². The fourth-order valence-electron chi connectivity index (χ4n) is 3.14. The van der Waals surface area contributed by atoms with Crippen LogP contribution in [-0.2, 0) is 16.6 Å². The van der Waals surface area contributed by atoms with Crippen LogP contribution in [0.25, 0.3) is 0 Å². The number of rotatable bonds is 5. The van der Waals surface area contributed by atoms with E-state index in [-0.39, 0.29) is 10.8 Å². The molecule has 0 aromatic heterocycles. The average molecular weight is 385 g/mol. The van der Waals surface area contributed by atoms with Crippen molar-refractivity contribution < 1.29 is 13.2 Å². The monoisotopic (exact) mass is 385 g/mol. The van der Waals surface area contributed by atoms with Crippen LogP contribution < -0.4 is 10.2 Å². The molecule has 0 saturated heterocycles. The molecule has 27 heavy (non-hydrogen) atoms. The van der Waals surface area contributed by atoms with Gasteiger partial charge in [-0.2, -0.15) is 8.42 Å². The Morgan fingerprint density at radius 1 is 1.15 bits per heavy atom. The normalized spacial score (nSPS) is 15.1. The van der Waals surface area contributed by atoms with Crippen LogP contribution in [0.1, 0.15) is 41.8 Å². The summed E-state index contributed by atoms with van der Waals surface area (Å²) in [5.74, 6) is 0.129. The Hall–Kier alpha value is -2.67. The van der Waals surface area contributed by atoms with Crippen molar-refractivity contribution in [3.63, 3.8) is 0 Å². The minimum absolute atomic E-state index is 0.0738. The summed E-state index contributed by atoms with van der Waals surface area (Å²) in [7, 11) is -3.80. The molecular formula is C20H23N3O3S. The molecule has 0 fully saturated rings. The summed E-state index contributed by atoms with van der Waals surface area (Å²) >= 11 is 0. The SMILES string of the molecule is CCCN1C(C)=NS(=O)(=O)c2cc(C(=O)NCc3cccc(C)c3)ccc21. The van der Waals surface area contributed by atoms with E-state index in [1.54, 1.807) is 19.1 Å². The van der Waals surface area contributed by atoms with Crippen molar-refractivity contribution in [2.24, 2.45) is 4.40 Å². The number of nitrogens with zero attached hydrogens (tertiary/aromatic N) is 2. The van der Waals surface area contributed by atoms with Crippen molar-refractivity contribution in [3.8, 4) is 0 Å². The Kier molecular flexibility index (Phi) is 5.32. The van der Waals surface area contributed by atoms with Gasteiger partial charge in [0.25, 0.3) is 15.9 Å². The first-order valence-electron chi connectivity index (χ1n) is 8.88. The lowest BCUT2D eigenvalue weighted by molar-refractivity contribution is 0.0950. The van der Waals surface area contributed by atoms with E-state index < -0.39 is 10.0 Å². The second-order valence-electron chi connectivity index (χ2n) is 6.62. The second-order valence-corrected chi connectivity index (χ2v) is 8.19. The molecule has 1 amide bonds. The van der Waals surface area contributed by atoms with Crippen LogP contribution in [0.4, 0.5) is 5.69 Å². The van der Waals surface area contributed by atoms with Gasteiger partial charge in [0.1, 0.15) is 10.7 Å². The fourth-order valence-corrected chi connectivity index (χ4v) is 4.41.